The highest BCUT2D eigenvalue weighted by molar-refractivity contribution is 5.92. The zero-order valence-corrected chi connectivity index (χ0v) is 13.9. The molecule has 1 aliphatic rings. The van der Waals surface area contributed by atoms with Gasteiger partial charge < -0.3 is 20.1 Å². The van der Waals surface area contributed by atoms with Crippen LogP contribution < -0.4 is 5.32 Å². The molecular weight excluding hydrogens is 322 g/mol. The number of carboxylic acid groups (broad SMARTS) is 2. The molecule has 1 aromatic carbocycles. The van der Waals surface area contributed by atoms with E-state index in [0.717, 1.165) is 5.69 Å². The molecule has 0 saturated heterocycles. The SMILES string of the molecule is CC1=C(C(=O)O)C(c2cccc(-n3ccnc3)c2)C(C)(C(=O)O)CN1. The number of hydrogen-bond acceptors (Lipinski definition) is 4. The van der Waals surface area contributed by atoms with Gasteiger partial charge in [0, 0.05) is 36.2 Å². The van der Waals surface area contributed by atoms with E-state index in [2.05, 4.69) is 10.3 Å². The Labute approximate surface area is 144 Å². The normalized spacial score (nSPS) is 23.2. The molecule has 3 rings (SSSR count). The number of carboxylic acids is 2. The van der Waals surface area contributed by atoms with Crippen molar-refractivity contribution in [3.05, 3.63) is 59.8 Å². The second-order valence-electron chi connectivity index (χ2n) is 6.42. The van der Waals surface area contributed by atoms with E-state index < -0.39 is 23.3 Å². The van der Waals surface area contributed by atoms with Gasteiger partial charge in [-0.1, -0.05) is 12.1 Å². The molecule has 1 aliphatic heterocycles. The van der Waals surface area contributed by atoms with Gasteiger partial charge in [0.1, 0.15) is 0 Å². The molecule has 25 heavy (non-hydrogen) atoms. The van der Waals surface area contributed by atoms with Crippen LogP contribution in [-0.4, -0.2) is 38.2 Å². The quantitative estimate of drug-likeness (QED) is 0.786. The molecule has 130 valence electrons. The topological polar surface area (TPSA) is 104 Å². The van der Waals surface area contributed by atoms with Gasteiger partial charge in [-0.25, -0.2) is 9.78 Å². The number of hydrogen-bond donors (Lipinski definition) is 3. The van der Waals surface area contributed by atoms with Gasteiger partial charge >= 0.3 is 11.9 Å². The molecule has 0 radical (unpaired) electrons. The number of rotatable bonds is 4. The molecule has 0 fully saturated rings. The first-order valence-corrected chi connectivity index (χ1v) is 7.84. The summed E-state index contributed by atoms with van der Waals surface area (Å²) < 4.78 is 1.79. The highest BCUT2D eigenvalue weighted by Crippen LogP contribution is 2.45. The average molecular weight is 341 g/mol. The van der Waals surface area contributed by atoms with Gasteiger partial charge in [-0.15, -0.1) is 0 Å². The van der Waals surface area contributed by atoms with Crippen LogP contribution in [0, 0.1) is 5.41 Å². The summed E-state index contributed by atoms with van der Waals surface area (Å²) in [5.41, 5.74) is 0.738. The van der Waals surface area contributed by atoms with Crippen LogP contribution in [-0.2, 0) is 9.59 Å². The molecule has 0 amide bonds. The highest BCUT2D eigenvalue weighted by Gasteiger charge is 2.49. The van der Waals surface area contributed by atoms with Crippen LogP contribution >= 0.6 is 0 Å². The minimum atomic E-state index is -1.28. The first kappa shape index (κ1) is 16.8. The highest BCUT2D eigenvalue weighted by atomic mass is 16.4. The molecule has 2 heterocycles. The zero-order chi connectivity index (χ0) is 18.2. The predicted molar refractivity (Wildman–Crippen MR) is 90.4 cm³/mol. The molecule has 0 aliphatic carbocycles. The fourth-order valence-electron chi connectivity index (χ4n) is 3.34. The molecular formula is C18H19N3O4. The summed E-state index contributed by atoms with van der Waals surface area (Å²) in [6.45, 7) is 3.40. The Morgan fingerprint density at radius 2 is 2.12 bits per heavy atom. The molecule has 0 saturated carbocycles. The predicted octanol–water partition coefficient (Wildman–Crippen LogP) is 2.01. The molecule has 2 unspecified atom stereocenters. The molecule has 2 atom stereocenters. The maximum atomic E-state index is 12.0. The van der Waals surface area contributed by atoms with E-state index in [1.807, 2.05) is 12.1 Å². The minimum Gasteiger partial charge on any atom is -0.481 e. The summed E-state index contributed by atoms with van der Waals surface area (Å²) in [4.78, 5) is 27.9. The summed E-state index contributed by atoms with van der Waals surface area (Å²) in [7, 11) is 0. The Bertz CT molecular complexity index is 857. The summed E-state index contributed by atoms with van der Waals surface area (Å²) in [5, 5.41) is 22.4. The maximum Gasteiger partial charge on any atom is 0.333 e. The van der Waals surface area contributed by atoms with Crippen LogP contribution in [0.2, 0.25) is 0 Å². The Morgan fingerprint density at radius 3 is 2.72 bits per heavy atom. The van der Waals surface area contributed by atoms with Crippen LogP contribution in [0.15, 0.2) is 54.3 Å². The number of nitrogens with one attached hydrogen (secondary N) is 1. The van der Waals surface area contributed by atoms with E-state index in [9.17, 15) is 19.8 Å². The van der Waals surface area contributed by atoms with Crippen molar-refractivity contribution in [3.8, 4) is 5.69 Å². The monoisotopic (exact) mass is 341 g/mol. The fourth-order valence-corrected chi connectivity index (χ4v) is 3.34. The van der Waals surface area contributed by atoms with Crippen LogP contribution in [0.4, 0.5) is 0 Å². The molecule has 1 aromatic heterocycles. The lowest BCUT2D eigenvalue weighted by Gasteiger charge is -2.40. The zero-order valence-electron chi connectivity index (χ0n) is 13.9. The second kappa shape index (κ2) is 6.08. The Kier molecular flexibility index (Phi) is 4.08. The number of nitrogens with zero attached hydrogens (tertiary/aromatic N) is 2. The van der Waals surface area contributed by atoms with Gasteiger partial charge in [0.2, 0.25) is 0 Å². The number of carbonyl (C=O) groups is 2. The fraction of sp³-hybridized carbons (Fsp3) is 0.278. The summed E-state index contributed by atoms with van der Waals surface area (Å²) in [5.74, 6) is -2.92. The first-order valence-electron chi connectivity index (χ1n) is 7.84. The van der Waals surface area contributed by atoms with Crippen molar-refractivity contribution in [2.75, 3.05) is 6.54 Å². The molecule has 3 N–H and O–H groups in total. The largest absolute Gasteiger partial charge is 0.481 e. The lowest BCUT2D eigenvalue weighted by Crippen LogP contribution is -2.48. The van der Waals surface area contributed by atoms with Crippen LogP contribution in [0.5, 0.6) is 0 Å². The molecule has 7 heteroatoms. The number of imidazole rings is 1. The van der Waals surface area contributed by atoms with Gasteiger partial charge in [-0.3, -0.25) is 4.79 Å². The van der Waals surface area contributed by atoms with Crippen LogP contribution in [0.1, 0.15) is 25.3 Å². The van der Waals surface area contributed by atoms with Gasteiger partial charge in [0.25, 0.3) is 0 Å². The number of aromatic nitrogens is 2. The average Bonchev–Trinajstić information content (AvgIpc) is 3.11. The Hall–Kier alpha value is -3.09. The number of benzene rings is 1. The van der Waals surface area contributed by atoms with Crippen molar-refractivity contribution in [1.29, 1.82) is 0 Å². The van der Waals surface area contributed by atoms with Gasteiger partial charge in [-0.05, 0) is 31.5 Å². The van der Waals surface area contributed by atoms with Gasteiger partial charge in [-0.2, -0.15) is 0 Å². The summed E-state index contributed by atoms with van der Waals surface area (Å²) >= 11 is 0. The van der Waals surface area contributed by atoms with Crippen LogP contribution in [0.25, 0.3) is 5.69 Å². The van der Waals surface area contributed by atoms with Crippen molar-refractivity contribution in [3.63, 3.8) is 0 Å². The number of allylic oxidation sites excluding steroid dienone is 1. The van der Waals surface area contributed by atoms with Gasteiger partial charge in [0.05, 0.1) is 17.3 Å². The first-order chi connectivity index (χ1) is 11.8. The van der Waals surface area contributed by atoms with Crippen molar-refractivity contribution in [1.82, 2.24) is 14.9 Å². The third kappa shape index (κ3) is 2.77. The number of aliphatic carboxylic acids is 2. The summed E-state index contributed by atoms with van der Waals surface area (Å²) in [6.07, 6.45) is 5.06. The van der Waals surface area contributed by atoms with E-state index in [1.54, 1.807) is 49.3 Å². The summed E-state index contributed by atoms with van der Waals surface area (Å²) in [6, 6.07) is 7.24. The third-order valence-corrected chi connectivity index (χ3v) is 4.78. The minimum absolute atomic E-state index is 0.0823. The van der Waals surface area contributed by atoms with E-state index in [4.69, 9.17) is 0 Å². The van der Waals surface area contributed by atoms with E-state index in [1.165, 1.54) is 0 Å². The molecule has 0 bridgehead atoms. The molecule has 7 nitrogen and oxygen atoms in total. The van der Waals surface area contributed by atoms with E-state index in [0.29, 0.717) is 11.3 Å². The molecule has 2 aromatic rings. The van der Waals surface area contributed by atoms with Crippen molar-refractivity contribution < 1.29 is 19.8 Å². The van der Waals surface area contributed by atoms with Crippen molar-refractivity contribution >= 4 is 11.9 Å². The lowest BCUT2D eigenvalue weighted by atomic mass is 9.67. The lowest BCUT2D eigenvalue weighted by molar-refractivity contribution is -0.149. The Morgan fingerprint density at radius 1 is 1.36 bits per heavy atom. The standard InChI is InChI=1S/C18H19N3O4/c1-11-14(16(22)23)15(18(2,9-20-11)17(24)25)12-4-3-5-13(8-12)21-7-6-19-10-21/h3-8,10,15,20H,9H2,1-2H3,(H,22,23)(H,24,25). The van der Waals surface area contributed by atoms with Crippen molar-refractivity contribution in [2.45, 2.75) is 19.8 Å². The van der Waals surface area contributed by atoms with E-state index >= 15 is 0 Å². The van der Waals surface area contributed by atoms with Crippen molar-refractivity contribution in [2.24, 2.45) is 5.41 Å². The molecule has 0 spiro atoms. The smallest absolute Gasteiger partial charge is 0.333 e. The van der Waals surface area contributed by atoms with Gasteiger partial charge in [0.15, 0.2) is 0 Å². The van der Waals surface area contributed by atoms with E-state index in [-0.39, 0.29) is 12.1 Å². The second-order valence-corrected chi connectivity index (χ2v) is 6.42. The maximum absolute atomic E-state index is 12.0. The Balaban J connectivity index is 2.19. The third-order valence-electron chi connectivity index (χ3n) is 4.78. The van der Waals surface area contributed by atoms with Crippen LogP contribution in [0.3, 0.4) is 0 Å².